The van der Waals surface area contributed by atoms with Gasteiger partial charge in [-0.15, -0.1) is 0 Å². The third-order valence-electron chi connectivity index (χ3n) is 13.1. The predicted octanol–water partition coefficient (Wildman–Crippen LogP) is 19.6. The van der Waals surface area contributed by atoms with Crippen LogP contribution in [0.2, 0.25) is 0 Å². The van der Waals surface area contributed by atoms with E-state index in [9.17, 15) is 19.0 Å². The summed E-state index contributed by atoms with van der Waals surface area (Å²) in [5.41, 5.74) is 0. The van der Waals surface area contributed by atoms with Crippen molar-refractivity contribution < 1.29 is 42.1 Å². The maximum Gasteiger partial charge on any atom is 0.472 e. The van der Waals surface area contributed by atoms with Gasteiger partial charge >= 0.3 is 19.8 Å². The van der Waals surface area contributed by atoms with Crippen molar-refractivity contribution >= 4 is 19.8 Å². The predicted molar refractivity (Wildman–Crippen MR) is 325 cm³/mol. The highest BCUT2D eigenvalue weighted by Gasteiger charge is 2.27. The van der Waals surface area contributed by atoms with Crippen molar-refractivity contribution in [3.63, 3.8) is 0 Å². The Balaban J connectivity index is 3.93. The Morgan fingerprint density at radius 2 is 0.711 bits per heavy atom. The van der Waals surface area contributed by atoms with E-state index in [1.807, 2.05) is 21.1 Å². The zero-order chi connectivity index (χ0) is 55.6. The second-order valence-electron chi connectivity index (χ2n) is 21.7. The van der Waals surface area contributed by atoms with Crippen LogP contribution in [0.4, 0.5) is 0 Å². The van der Waals surface area contributed by atoms with E-state index in [0.717, 1.165) is 83.5 Å². The van der Waals surface area contributed by atoms with Gasteiger partial charge in [0.25, 0.3) is 0 Å². The lowest BCUT2D eigenvalue weighted by Gasteiger charge is -2.24. The summed E-state index contributed by atoms with van der Waals surface area (Å²) in [5.74, 6) is -0.828. The van der Waals surface area contributed by atoms with E-state index in [1.165, 1.54) is 135 Å². The van der Waals surface area contributed by atoms with Crippen molar-refractivity contribution in [2.75, 3.05) is 47.5 Å². The van der Waals surface area contributed by atoms with Gasteiger partial charge in [-0.05, 0) is 89.9 Å². The fourth-order valence-electron chi connectivity index (χ4n) is 8.41. The third kappa shape index (κ3) is 60.2. The van der Waals surface area contributed by atoms with E-state index in [1.54, 1.807) is 0 Å². The van der Waals surface area contributed by atoms with E-state index in [-0.39, 0.29) is 26.1 Å². The maximum atomic E-state index is 12.8. The van der Waals surface area contributed by atoms with Crippen LogP contribution in [-0.2, 0) is 32.7 Å². The maximum absolute atomic E-state index is 12.8. The van der Waals surface area contributed by atoms with Crippen molar-refractivity contribution in [1.82, 2.24) is 0 Å². The van der Waals surface area contributed by atoms with Crippen LogP contribution in [0.1, 0.15) is 258 Å². The quantitative estimate of drug-likeness (QED) is 0.0211. The Morgan fingerprint density at radius 3 is 1.07 bits per heavy atom. The minimum atomic E-state index is -4.39. The molecule has 0 heterocycles. The standard InChI is InChI=1S/C66H116NO8P/c1-6-8-10-12-14-16-18-20-21-22-23-24-25-26-27-28-29-30-31-32-33-34-35-36-37-38-39-40-41-42-43-44-45-47-49-51-53-55-57-59-66(69)75-64(63-74-76(70,71)73-61-60-67(3,4)5)62-72-65(68)58-56-54-52-50-48-46-19-17-15-13-11-9-7-2/h8-11,14-17,20-21,23-24,26-27,46,48,64H,6-7,12-13,18-19,22,25,28-45,47,49-63H2,1-5H3/p+1/b10-8-,11-9-,16-14-,17-15-,21-20-,24-23-,27-26-,48-46-. The molecule has 0 spiro atoms. The molecule has 0 aliphatic carbocycles. The fraction of sp³-hybridized carbons (Fsp3) is 0.727. The lowest BCUT2D eigenvalue weighted by Crippen LogP contribution is -2.37. The van der Waals surface area contributed by atoms with E-state index in [4.69, 9.17) is 18.5 Å². The molecule has 1 N–H and O–H groups in total. The number of phosphoric acid groups is 1. The van der Waals surface area contributed by atoms with Crippen LogP contribution in [-0.4, -0.2) is 74.9 Å². The largest absolute Gasteiger partial charge is 0.472 e. The number of unbranched alkanes of at least 4 members (excludes halogenated alkanes) is 26. The van der Waals surface area contributed by atoms with Crippen molar-refractivity contribution in [2.45, 2.75) is 264 Å². The van der Waals surface area contributed by atoms with Gasteiger partial charge in [-0.25, -0.2) is 4.57 Å². The number of allylic oxidation sites excluding steroid dienone is 16. The topological polar surface area (TPSA) is 108 Å². The van der Waals surface area contributed by atoms with Gasteiger partial charge in [0, 0.05) is 12.8 Å². The van der Waals surface area contributed by atoms with Gasteiger partial charge in [-0.3, -0.25) is 18.6 Å². The molecule has 0 aromatic carbocycles. The Morgan fingerprint density at radius 1 is 0.408 bits per heavy atom. The van der Waals surface area contributed by atoms with Gasteiger partial charge in [0.1, 0.15) is 19.8 Å². The van der Waals surface area contributed by atoms with Crippen LogP contribution in [0.25, 0.3) is 0 Å². The summed E-state index contributed by atoms with van der Waals surface area (Å²) in [7, 11) is 1.46. The van der Waals surface area contributed by atoms with Crippen LogP contribution in [0.15, 0.2) is 97.2 Å². The van der Waals surface area contributed by atoms with E-state index >= 15 is 0 Å². The summed E-state index contributed by atoms with van der Waals surface area (Å²) in [6.45, 7) is 4.17. The molecule has 0 amide bonds. The lowest BCUT2D eigenvalue weighted by molar-refractivity contribution is -0.870. The lowest BCUT2D eigenvalue weighted by atomic mass is 10.0. The molecule has 0 fully saturated rings. The van der Waals surface area contributed by atoms with Crippen molar-refractivity contribution in [2.24, 2.45) is 0 Å². The first kappa shape index (κ1) is 72.9. The first-order valence-electron chi connectivity index (χ1n) is 31.0. The second-order valence-corrected chi connectivity index (χ2v) is 23.1. The monoisotopic (exact) mass is 1080 g/mol. The van der Waals surface area contributed by atoms with Gasteiger partial charge in [-0.1, -0.05) is 252 Å². The summed E-state index contributed by atoms with van der Waals surface area (Å²) in [6.07, 6.45) is 78.1. The normalized spacial score (nSPS) is 13.9. The number of carbonyl (C=O) groups is 2. The second kappa shape index (κ2) is 56.6. The van der Waals surface area contributed by atoms with Crippen LogP contribution in [0.5, 0.6) is 0 Å². The van der Waals surface area contributed by atoms with Gasteiger partial charge in [0.15, 0.2) is 6.10 Å². The molecule has 0 radical (unpaired) electrons. The minimum absolute atomic E-state index is 0.0249. The van der Waals surface area contributed by atoms with Gasteiger partial charge in [-0.2, -0.15) is 0 Å². The van der Waals surface area contributed by atoms with Crippen LogP contribution in [0, 0.1) is 0 Å². The van der Waals surface area contributed by atoms with E-state index in [0.29, 0.717) is 23.9 Å². The first-order valence-corrected chi connectivity index (χ1v) is 32.5. The summed E-state index contributed by atoms with van der Waals surface area (Å²) in [6, 6.07) is 0. The molecule has 76 heavy (non-hydrogen) atoms. The molecule has 438 valence electrons. The van der Waals surface area contributed by atoms with Crippen LogP contribution in [0.3, 0.4) is 0 Å². The number of rotatable bonds is 56. The Bertz CT molecular complexity index is 1600. The highest BCUT2D eigenvalue weighted by atomic mass is 31.2. The molecule has 0 bridgehead atoms. The number of nitrogens with zero attached hydrogens (tertiary/aromatic N) is 1. The van der Waals surface area contributed by atoms with E-state index < -0.39 is 32.5 Å². The van der Waals surface area contributed by atoms with Crippen molar-refractivity contribution in [3.05, 3.63) is 97.2 Å². The number of quaternary nitrogens is 1. The molecule has 0 aromatic heterocycles. The summed E-state index contributed by atoms with van der Waals surface area (Å²) in [4.78, 5) is 35.6. The SMILES string of the molecule is CC/C=C\C/C=C\C/C=C\C/C=C\C/C=C\CCCCCCCCCCCCCCCCCCCCCCCCCC(=O)OC(COC(=O)CCCCC/C=C\C/C=C\C/C=C\CC)COP(=O)(O)OCC[N+](C)(C)C. The van der Waals surface area contributed by atoms with Crippen LogP contribution < -0.4 is 0 Å². The summed E-state index contributed by atoms with van der Waals surface area (Å²) < 4.78 is 34.5. The van der Waals surface area contributed by atoms with Gasteiger partial charge < -0.3 is 18.9 Å². The molecule has 9 nitrogen and oxygen atoms in total. The van der Waals surface area contributed by atoms with Crippen LogP contribution >= 0.6 is 7.82 Å². The molecule has 0 aliphatic rings. The highest BCUT2D eigenvalue weighted by Crippen LogP contribution is 2.43. The number of ether oxygens (including phenoxy) is 2. The number of phosphoric ester groups is 1. The molecule has 0 saturated carbocycles. The first-order chi connectivity index (χ1) is 37.0. The molecule has 0 rings (SSSR count). The van der Waals surface area contributed by atoms with Gasteiger partial charge in [0.2, 0.25) is 0 Å². The smallest absolute Gasteiger partial charge is 0.462 e. The molecule has 0 saturated heterocycles. The average molecular weight is 1080 g/mol. The number of hydrogen-bond donors (Lipinski definition) is 1. The average Bonchev–Trinajstić information content (AvgIpc) is 3.38. The third-order valence-corrected chi connectivity index (χ3v) is 14.1. The summed E-state index contributed by atoms with van der Waals surface area (Å²) in [5, 5.41) is 0. The number of likely N-dealkylation sites (N-methyl/N-ethyl adjacent to an activating group) is 1. The Kier molecular flexibility index (Phi) is 54.4. The summed E-state index contributed by atoms with van der Waals surface area (Å²) >= 11 is 0. The molecule has 0 aliphatic heterocycles. The number of esters is 2. The fourth-order valence-corrected chi connectivity index (χ4v) is 9.15. The molecule has 0 aromatic rings. The Labute approximate surface area is 468 Å². The van der Waals surface area contributed by atoms with Crippen molar-refractivity contribution in [3.8, 4) is 0 Å². The Hall–Kier alpha value is -3.07. The molecular formula is C66H117NO8P+. The number of carbonyl (C=O) groups excluding carboxylic acids is 2. The molecular weight excluding hydrogens is 966 g/mol. The molecule has 2 atom stereocenters. The zero-order valence-corrected chi connectivity index (χ0v) is 50.6. The minimum Gasteiger partial charge on any atom is -0.462 e. The number of hydrogen-bond acceptors (Lipinski definition) is 7. The van der Waals surface area contributed by atoms with E-state index in [2.05, 4.69) is 111 Å². The van der Waals surface area contributed by atoms with Crippen molar-refractivity contribution in [1.29, 1.82) is 0 Å². The molecule has 2 unspecified atom stereocenters. The zero-order valence-electron chi connectivity index (χ0n) is 49.7. The molecule has 10 heteroatoms. The highest BCUT2D eigenvalue weighted by molar-refractivity contribution is 7.47. The van der Waals surface area contributed by atoms with Gasteiger partial charge in [0.05, 0.1) is 27.7 Å².